The number of benzene rings is 1. The Kier molecular flexibility index (Phi) is 4.74. The SMILES string of the molecule is Cc1nc(Oc2ccc(CS(N)(=O)=O)cc2)cc(C(C)N)n1. The summed E-state index contributed by atoms with van der Waals surface area (Å²) in [4.78, 5) is 8.42. The summed E-state index contributed by atoms with van der Waals surface area (Å²) in [5, 5.41) is 5.00. The average Bonchev–Trinajstić information content (AvgIpc) is 2.38. The molecule has 1 aromatic heterocycles. The second-order valence-corrected chi connectivity index (χ2v) is 6.63. The van der Waals surface area contributed by atoms with Gasteiger partial charge >= 0.3 is 0 Å². The molecule has 22 heavy (non-hydrogen) atoms. The van der Waals surface area contributed by atoms with Crippen molar-refractivity contribution in [2.75, 3.05) is 0 Å². The monoisotopic (exact) mass is 322 g/mol. The number of aryl methyl sites for hydroxylation is 1. The van der Waals surface area contributed by atoms with Gasteiger partial charge < -0.3 is 10.5 Å². The molecule has 0 fully saturated rings. The van der Waals surface area contributed by atoms with Crippen LogP contribution in [0.4, 0.5) is 0 Å². The number of nitrogens with zero attached hydrogens (tertiary/aromatic N) is 2. The molecule has 1 unspecified atom stereocenters. The molecule has 0 spiro atoms. The largest absolute Gasteiger partial charge is 0.439 e. The van der Waals surface area contributed by atoms with Crippen molar-refractivity contribution >= 4 is 10.0 Å². The first-order chi connectivity index (χ1) is 10.2. The van der Waals surface area contributed by atoms with Crippen LogP contribution in [-0.4, -0.2) is 18.4 Å². The van der Waals surface area contributed by atoms with Crippen LogP contribution in [0.1, 0.15) is 30.0 Å². The zero-order chi connectivity index (χ0) is 16.3. The fourth-order valence-corrected chi connectivity index (χ4v) is 2.51. The minimum Gasteiger partial charge on any atom is -0.439 e. The Morgan fingerprint density at radius 2 is 1.86 bits per heavy atom. The first-order valence-electron chi connectivity index (χ1n) is 6.61. The highest BCUT2D eigenvalue weighted by molar-refractivity contribution is 7.88. The maximum atomic E-state index is 11.0. The van der Waals surface area contributed by atoms with Crippen LogP contribution in [0.2, 0.25) is 0 Å². The van der Waals surface area contributed by atoms with Gasteiger partial charge in [-0.1, -0.05) is 12.1 Å². The fourth-order valence-electron chi connectivity index (χ4n) is 1.85. The predicted octanol–water partition coefficient (Wildman–Crippen LogP) is 1.39. The normalized spacial score (nSPS) is 12.9. The molecule has 118 valence electrons. The number of primary sulfonamides is 1. The minimum atomic E-state index is -3.55. The van der Waals surface area contributed by atoms with E-state index in [0.29, 0.717) is 28.7 Å². The minimum absolute atomic E-state index is 0.214. The van der Waals surface area contributed by atoms with Gasteiger partial charge in [0.2, 0.25) is 15.9 Å². The van der Waals surface area contributed by atoms with Gasteiger partial charge in [-0.05, 0) is 31.5 Å². The number of aromatic nitrogens is 2. The molecule has 0 radical (unpaired) electrons. The number of rotatable bonds is 5. The summed E-state index contributed by atoms with van der Waals surface area (Å²) >= 11 is 0. The highest BCUT2D eigenvalue weighted by Crippen LogP contribution is 2.22. The first kappa shape index (κ1) is 16.3. The molecular weight excluding hydrogens is 304 g/mol. The van der Waals surface area contributed by atoms with Gasteiger partial charge in [-0.25, -0.2) is 18.5 Å². The van der Waals surface area contributed by atoms with Gasteiger partial charge in [-0.2, -0.15) is 4.98 Å². The first-order valence-corrected chi connectivity index (χ1v) is 8.33. The van der Waals surface area contributed by atoms with Crippen molar-refractivity contribution < 1.29 is 13.2 Å². The topological polar surface area (TPSA) is 121 Å². The second kappa shape index (κ2) is 6.39. The Labute approximate surface area is 129 Å². The molecule has 2 rings (SSSR count). The predicted molar refractivity (Wildman–Crippen MR) is 82.7 cm³/mol. The van der Waals surface area contributed by atoms with E-state index < -0.39 is 10.0 Å². The van der Waals surface area contributed by atoms with Crippen molar-refractivity contribution in [1.82, 2.24) is 9.97 Å². The number of ether oxygens (including phenoxy) is 1. The van der Waals surface area contributed by atoms with E-state index in [4.69, 9.17) is 15.6 Å². The van der Waals surface area contributed by atoms with Gasteiger partial charge in [0.15, 0.2) is 0 Å². The zero-order valence-corrected chi connectivity index (χ0v) is 13.2. The van der Waals surface area contributed by atoms with Crippen molar-refractivity contribution in [2.45, 2.75) is 25.6 Å². The van der Waals surface area contributed by atoms with E-state index >= 15 is 0 Å². The Morgan fingerprint density at radius 3 is 2.41 bits per heavy atom. The smallest absolute Gasteiger partial charge is 0.222 e. The summed E-state index contributed by atoms with van der Waals surface area (Å²) in [7, 11) is -3.55. The molecule has 0 aliphatic rings. The number of sulfonamides is 1. The van der Waals surface area contributed by atoms with Crippen LogP contribution in [0.3, 0.4) is 0 Å². The van der Waals surface area contributed by atoms with Crippen molar-refractivity contribution in [2.24, 2.45) is 10.9 Å². The van der Waals surface area contributed by atoms with Gasteiger partial charge in [0.1, 0.15) is 11.6 Å². The lowest BCUT2D eigenvalue weighted by Crippen LogP contribution is -2.14. The highest BCUT2D eigenvalue weighted by atomic mass is 32.2. The molecule has 7 nitrogen and oxygen atoms in total. The lowest BCUT2D eigenvalue weighted by atomic mass is 10.2. The van der Waals surface area contributed by atoms with E-state index in [-0.39, 0.29) is 11.8 Å². The van der Waals surface area contributed by atoms with E-state index in [1.54, 1.807) is 37.3 Å². The third kappa shape index (κ3) is 4.76. The summed E-state index contributed by atoms with van der Waals surface area (Å²) < 4.78 is 27.7. The summed E-state index contributed by atoms with van der Waals surface area (Å²) in [6, 6.07) is 8.05. The molecule has 0 saturated carbocycles. The molecule has 1 heterocycles. The molecule has 0 amide bonds. The van der Waals surface area contributed by atoms with Crippen molar-refractivity contribution in [3.05, 3.63) is 47.4 Å². The van der Waals surface area contributed by atoms with Gasteiger partial charge in [-0.3, -0.25) is 0 Å². The summed E-state index contributed by atoms with van der Waals surface area (Å²) in [6.45, 7) is 3.58. The van der Waals surface area contributed by atoms with Crippen molar-refractivity contribution in [3.63, 3.8) is 0 Å². The molecule has 0 bridgehead atoms. The number of nitrogens with two attached hydrogens (primary N) is 2. The van der Waals surface area contributed by atoms with E-state index in [2.05, 4.69) is 9.97 Å². The lowest BCUT2D eigenvalue weighted by Gasteiger charge is -2.10. The quantitative estimate of drug-likeness (QED) is 0.858. The van der Waals surface area contributed by atoms with Gasteiger partial charge in [0, 0.05) is 12.1 Å². The van der Waals surface area contributed by atoms with Gasteiger partial charge in [0.05, 0.1) is 11.4 Å². The van der Waals surface area contributed by atoms with Crippen LogP contribution in [0.25, 0.3) is 0 Å². The van der Waals surface area contributed by atoms with E-state index in [1.165, 1.54) is 0 Å². The van der Waals surface area contributed by atoms with E-state index in [1.807, 2.05) is 6.92 Å². The van der Waals surface area contributed by atoms with Gasteiger partial charge in [-0.15, -0.1) is 0 Å². The summed E-state index contributed by atoms with van der Waals surface area (Å²) in [5.41, 5.74) is 7.09. The molecule has 0 saturated heterocycles. The number of hydrogen-bond donors (Lipinski definition) is 2. The Morgan fingerprint density at radius 1 is 1.23 bits per heavy atom. The van der Waals surface area contributed by atoms with Crippen LogP contribution >= 0.6 is 0 Å². The number of hydrogen-bond acceptors (Lipinski definition) is 6. The molecule has 2 aromatic rings. The van der Waals surface area contributed by atoms with Crippen LogP contribution in [-0.2, 0) is 15.8 Å². The molecule has 8 heteroatoms. The molecule has 0 aliphatic carbocycles. The van der Waals surface area contributed by atoms with Crippen molar-refractivity contribution in [1.29, 1.82) is 0 Å². The van der Waals surface area contributed by atoms with E-state index in [9.17, 15) is 8.42 Å². The van der Waals surface area contributed by atoms with Crippen LogP contribution in [0.5, 0.6) is 11.6 Å². The van der Waals surface area contributed by atoms with E-state index in [0.717, 1.165) is 0 Å². The van der Waals surface area contributed by atoms with Crippen LogP contribution < -0.4 is 15.6 Å². The average molecular weight is 322 g/mol. The summed E-state index contributed by atoms with van der Waals surface area (Å²) in [6.07, 6.45) is 0. The summed E-state index contributed by atoms with van der Waals surface area (Å²) in [5.74, 6) is 1.27. The second-order valence-electron chi connectivity index (χ2n) is 5.02. The third-order valence-corrected chi connectivity index (χ3v) is 3.55. The molecule has 1 atom stereocenters. The van der Waals surface area contributed by atoms with Crippen LogP contribution in [0, 0.1) is 6.92 Å². The van der Waals surface area contributed by atoms with Crippen molar-refractivity contribution in [3.8, 4) is 11.6 Å². The lowest BCUT2D eigenvalue weighted by molar-refractivity contribution is 0.457. The molecule has 1 aromatic carbocycles. The Bertz CT molecular complexity index is 758. The zero-order valence-electron chi connectivity index (χ0n) is 12.4. The van der Waals surface area contributed by atoms with Gasteiger partial charge in [0.25, 0.3) is 0 Å². The Hall–Kier alpha value is -2.03. The fraction of sp³-hybridized carbons (Fsp3) is 0.286. The Balaban J connectivity index is 2.17. The molecule has 0 aliphatic heterocycles. The molecule has 4 N–H and O–H groups in total. The maximum absolute atomic E-state index is 11.0. The molecular formula is C14H18N4O3S. The van der Waals surface area contributed by atoms with Crippen LogP contribution in [0.15, 0.2) is 30.3 Å². The highest BCUT2D eigenvalue weighted by Gasteiger charge is 2.09. The maximum Gasteiger partial charge on any atom is 0.222 e. The standard InChI is InChI=1S/C14H18N4O3S/c1-9(15)13-7-14(18-10(2)17-13)21-12-5-3-11(4-6-12)8-22(16,19)20/h3-7,9H,8,15H2,1-2H3,(H2,16,19,20). The third-order valence-electron chi connectivity index (χ3n) is 2.81.